The number of pyridine rings is 1. The molecule has 0 atom stereocenters. The minimum Gasteiger partial charge on any atom is -0.380 e. The molecule has 0 fully saturated rings. The van der Waals surface area contributed by atoms with E-state index in [2.05, 4.69) is 32.0 Å². The van der Waals surface area contributed by atoms with Gasteiger partial charge >= 0.3 is 31.1 Å². The van der Waals surface area contributed by atoms with Gasteiger partial charge in [-0.25, -0.2) is 6.07 Å². The van der Waals surface area contributed by atoms with Crippen LogP contribution in [0.5, 0.6) is 0 Å². The van der Waals surface area contributed by atoms with Crippen molar-refractivity contribution in [2.75, 3.05) is 0 Å². The molecular formula is C11H15NU. The third-order valence-corrected chi connectivity index (χ3v) is 0.810. The summed E-state index contributed by atoms with van der Waals surface area (Å²) in [6.07, 6.45) is 5.81. The predicted molar refractivity (Wildman–Crippen MR) is 52.3 cm³/mol. The van der Waals surface area contributed by atoms with Gasteiger partial charge in [0.25, 0.3) is 0 Å². The van der Waals surface area contributed by atoms with E-state index in [-0.39, 0.29) is 31.1 Å². The Balaban J connectivity index is 0. The van der Waals surface area contributed by atoms with Crippen LogP contribution in [0.1, 0.15) is 26.3 Å². The summed E-state index contributed by atoms with van der Waals surface area (Å²) in [7, 11) is 0. The number of nitrogens with zero attached hydrogens (tertiary/aromatic N) is 1. The predicted octanol–water partition coefficient (Wildman–Crippen LogP) is 2.99. The number of hydrogen-bond donors (Lipinski definition) is 0. The van der Waals surface area contributed by atoms with E-state index in [1.807, 2.05) is 12.1 Å². The van der Waals surface area contributed by atoms with Gasteiger partial charge in [0.1, 0.15) is 0 Å². The molecule has 0 aliphatic rings. The summed E-state index contributed by atoms with van der Waals surface area (Å²) < 4.78 is 0. The Labute approximate surface area is 105 Å². The van der Waals surface area contributed by atoms with Gasteiger partial charge in [-0.05, 0) is 5.92 Å². The fourth-order valence-corrected chi connectivity index (χ4v) is 0.432. The molecule has 0 aliphatic carbocycles. The van der Waals surface area contributed by atoms with Crippen molar-refractivity contribution in [1.82, 2.24) is 4.98 Å². The third-order valence-electron chi connectivity index (χ3n) is 0.810. The van der Waals surface area contributed by atoms with E-state index in [1.54, 1.807) is 6.20 Å². The molecule has 0 aliphatic heterocycles. The molecule has 0 aromatic carbocycles. The zero-order valence-corrected chi connectivity index (χ0v) is 12.6. The maximum Gasteiger partial charge on any atom is 2.00 e. The molecule has 0 saturated heterocycles. The van der Waals surface area contributed by atoms with Gasteiger partial charge < -0.3 is 17.6 Å². The number of aromatic nitrogens is 1. The average molecular weight is 399 g/mol. The van der Waals surface area contributed by atoms with E-state index < -0.39 is 0 Å². The molecule has 1 aromatic rings. The molecular weight excluding hydrogens is 384 g/mol. The number of rotatable bonds is 1. The van der Waals surface area contributed by atoms with Crippen molar-refractivity contribution in [3.8, 4) is 0 Å². The fraction of sp³-hybridized carbons (Fsp3) is 0.364. The van der Waals surface area contributed by atoms with Crippen molar-refractivity contribution in [1.29, 1.82) is 0 Å². The summed E-state index contributed by atoms with van der Waals surface area (Å²) in [6, 6.07) is 3.65. The molecule has 1 heterocycles. The SMILES string of the molecule is CC(C)C.[CH-]=Cc1[c-]nccc1.[U+2]. The first-order valence-electron chi connectivity index (χ1n) is 4.04. The normalized spacial score (nSPS) is 8.00. The van der Waals surface area contributed by atoms with Gasteiger partial charge in [-0.15, -0.1) is 12.3 Å². The van der Waals surface area contributed by atoms with Crippen molar-refractivity contribution in [3.05, 3.63) is 36.7 Å². The van der Waals surface area contributed by atoms with Crippen LogP contribution in [-0.2, 0) is 0 Å². The van der Waals surface area contributed by atoms with Crippen LogP contribution >= 0.6 is 0 Å². The standard InChI is InChI=1S/C7H5N.C4H10.U/c1-2-7-4-3-5-8-6-7;1-4(2)3;/h1-5H;4H,1-3H3;/q-2;;+2. The molecule has 0 N–H and O–H groups in total. The third kappa shape index (κ3) is 11.9. The molecule has 0 amide bonds. The molecule has 0 bridgehead atoms. The van der Waals surface area contributed by atoms with E-state index in [9.17, 15) is 0 Å². The number of hydrogen-bond acceptors (Lipinski definition) is 1. The summed E-state index contributed by atoms with van der Waals surface area (Å²) in [5, 5.41) is 0. The van der Waals surface area contributed by atoms with Crippen molar-refractivity contribution in [2.45, 2.75) is 20.8 Å². The smallest absolute Gasteiger partial charge is 0.380 e. The Bertz CT molecular complexity index is 204. The summed E-state index contributed by atoms with van der Waals surface area (Å²) in [4.78, 5) is 3.72. The van der Waals surface area contributed by atoms with Crippen LogP contribution in [0.15, 0.2) is 18.3 Å². The fourth-order valence-electron chi connectivity index (χ4n) is 0.432. The van der Waals surface area contributed by atoms with Crippen LogP contribution in [0.3, 0.4) is 0 Å². The van der Waals surface area contributed by atoms with Gasteiger partial charge in [-0.3, -0.25) is 5.56 Å². The second-order valence-electron chi connectivity index (χ2n) is 3.10. The maximum atomic E-state index is 5.15. The van der Waals surface area contributed by atoms with Gasteiger partial charge in [0.15, 0.2) is 0 Å². The largest absolute Gasteiger partial charge is 2.00 e. The molecule has 2 heteroatoms. The molecule has 68 valence electrons. The van der Waals surface area contributed by atoms with Gasteiger partial charge in [-0.2, -0.15) is 0 Å². The quantitative estimate of drug-likeness (QED) is 0.662. The van der Waals surface area contributed by atoms with Crippen LogP contribution < -0.4 is 0 Å². The Kier molecular flexibility index (Phi) is 11.9. The van der Waals surface area contributed by atoms with Crippen molar-refractivity contribution < 1.29 is 31.1 Å². The Morgan fingerprint density at radius 1 is 1.46 bits per heavy atom. The van der Waals surface area contributed by atoms with Crippen LogP contribution in [0, 0.1) is 49.8 Å². The van der Waals surface area contributed by atoms with Gasteiger partial charge in [0.2, 0.25) is 0 Å². The van der Waals surface area contributed by atoms with E-state index in [0.717, 1.165) is 11.5 Å². The van der Waals surface area contributed by atoms with Crippen LogP contribution in [0.2, 0.25) is 0 Å². The monoisotopic (exact) mass is 399 g/mol. The second kappa shape index (κ2) is 10.0. The van der Waals surface area contributed by atoms with Gasteiger partial charge in [0.05, 0.1) is 0 Å². The second-order valence-corrected chi connectivity index (χ2v) is 3.10. The zero-order valence-electron chi connectivity index (χ0n) is 8.41. The van der Waals surface area contributed by atoms with Crippen molar-refractivity contribution in [3.63, 3.8) is 0 Å². The van der Waals surface area contributed by atoms with Crippen molar-refractivity contribution in [2.24, 2.45) is 5.92 Å². The molecule has 0 radical (unpaired) electrons. The first-order valence-corrected chi connectivity index (χ1v) is 4.04. The van der Waals surface area contributed by atoms with E-state index >= 15 is 0 Å². The molecule has 1 nitrogen and oxygen atoms in total. The van der Waals surface area contributed by atoms with E-state index in [1.165, 1.54) is 6.08 Å². The first kappa shape index (κ1) is 15.4. The minimum absolute atomic E-state index is 0. The van der Waals surface area contributed by atoms with Crippen molar-refractivity contribution >= 4 is 6.08 Å². The Morgan fingerprint density at radius 2 is 2.00 bits per heavy atom. The Morgan fingerprint density at radius 3 is 2.23 bits per heavy atom. The van der Waals surface area contributed by atoms with E-state index in [4.69, 9.17) is 6.58 Å². The summed E-state index contributed by atoms with van der Waals surface area (Å²) in [6.45, 7) is 11.7. The summed E-state index contributed by atoms with van der Waals surface area (Å²) in [5.41, 5.74) is 0.826. The van der Waals surface area contributed by atoms with Crippen LogP contribution in [-0.4, -0.2) is 4.98 Å². The zero-order chi connectivity index (χ0) is 9.40. The van der Waals surface area contributed by atoms with E-state index in [0.29, 0.717) is 0 Å². The molecule has 1 aromatic heterocycles. The topological polar surface area (TPSA) is 12.9 Å². The molecule has 13 heavy (non-hydrogen) atoms. The van der Waals surface area contributed by atoms with Crippen LogP contribution in [0.25, 0.3) is 6.08 Å². The van der Waals surface area contributed by atoms with Gasteiger partial charge in [-0.1, -0.05) is 27.0 Å². The maximum absolute atomic E-state index is 5.15. The molecule has 0 spiro atoms. The molecule has 0 saturated carbocycles. The molecule has 1 rings (SSSR count). The Hall–Kier alpha value is -0.0581. The van der Waals surface area contributed by atoms with Gasteiger partial charge in [0, 0.05) is 0 Å². The first-order chi connectivity index (χ1) is 5.66. The average Bonchev–Trinajstić information content (AvgIpc) is 2.05. The summed E-state index contributed by atoms with van der Waals surface area (Å²) in [5.74, 6) is 0.833. The minimum atomic E-state index is 0. The van der Waals surface area contributed by atoms with Crippen LogP contribution in [0.4, 0.5) is 0 Å². The molecule has 0 unspecified atom stereocenters. The summed E-state index contributed by atoms with van der Waals surface area (Å²) >= 11 is 0.